The van der Waals surface area contributed by atoms with E-state index in [0.717, 1.165) is 36.7 Å². The summed E-state index contributed by atoms with van der Waals surface area (Å²) in [5.74, 6) is 1.66. The van der Waals surface area contributed by atoms with E-state index in [9.17, 15) is 4.79 Å². The Morgan fingerprint density at radius 3 is 2.96 bits per heavy atom. The van der Waals surface area contributed by atoms with Crippen molar-refractivity contribution in [2.24, 2.45) is 5.92 Å². The minimum absolute atomic E-state index is 0.00293. The van der Waals surface area contributed by atoms with Crippen LogP contribution in [0.3, 0.4) is 0 Å². The van der Waals surface area contributed by atoms with Gasteiger partial charge in [-0.25, -0.2) is 0 Å². The molecule has 1 saturated heterocycles. The van der Waals surface area contributed by atoms with E-state index < -0.39 is 0 Å². The fourth-order valence-electron chi connectivity index (χ4n) is 3.20. The first-order valence-corrected chi connectivity index (χ1v) is 8.84. The number of ether oxygens (including phenoxy) is 1. The second kappa shape index (κ2) is 8.92. The SMILES string of the molecule is CCOc1ccc(C(=O)NCCCN2CCC[C@@H](C)C2)cc1C. The molecule has 0 saturated carbocycles. The van der Waals surface area contributed by atoms with Gasteiger partial charge in [0.25, 0.3) is 5.91 Å². The Balaban J connectivity index is 1.73. The molecule has 128 valence electrons. The molecular weight excluding hydrogens is 288 g/mol. The number of hydrogen-bond acceptors (Lipinski definition) is 3. The van der Waals surface area contributed by atoms with Crippen molar-refractivity contribution < 1.29 is 9.53 Å². The highest BCUT2D eigenvalue weighted by Crippen LogP contribution is 2.19. The normalized spacial score (nSPS) is 18.7. The van der Waals surface area contributed by atoms with Crippen LogP contribution < -0.4 is 10.1 Å². The summed E-state index contributed by atoms with van der Waals surface area (Å²) in [4.78, 5) is 14.7. The van der Waals surface area contributed by atoms with Crippen LogP contribution in [0, 0.1) is 12.8 Å². The summed E-state index contributed by atoms with van der Waals surface area (Å²) in [6, 6.07) is 5.61. The molecule has 1 aliphatic heterocycles. The van der Waals surface area contributed by atoms with Crippen molar-refractivity contribution in [1.29, 1.82) is 0 Å². The number of benzene rings is 1. The molecule has 4 nitrogen and oxygen atoms in total. The average Bonchev–Trinajstić information content (AvgIpc) is 2.53. The number of carbonyl (C=O) groups is 1. The van der Waals surface area contributed by atoms with Crippen molar-refractivity contribution in [3.8, 4) is 5.75 Å². The van der Waals surface area contributed by atoms with Crippen molar-refractivity contribution in [2.45, 2.75) is 40.0 Å². The number of likely N-dealkylation sites (tertiary alicyclic amines) is 1. The molecule has 0 unspecified atom stereocenters. The van der Waals surface area contributed by atoms with Gasteiger partial charge < -0.3 is 15.0 Å². The van der Waals surface area contributed by atoms with Crippen LogP contribution in [0.2, 0.25) is 0 Å². The van der Waals surface area contributed by atoms with Gasteiger partial charge in [0.05, 0.1) is 6.61 Å². The van der Waals surface area contributed by atoms with Crippen LogP contribution in [-0.2, 0) is 0 Å². The van der Waals surface area contributed by atoms with Crippen LogP contribution >= 0.6 is 0 Å². The lowest BCUT2D eigenvalue weighted by molar-refractivity contribution is 0.0950. The zero-order valence-electron chi connectivity index (χ0n) is 14.7. The third kappa shape index (κ3) is 5.54. The van der Waals surface area contributed by atoms with Crippen LogP contribution in [0.5, 0.6) is 5.75 Å². The van der Waals surface area contributed by atoms with Gasteiger partial charge in [0.1, 0.15) is 5.75 Å². The summed E-state index contributed by atoms with van der Waals surface area (Å²) in [6.45, 7) is 11.1. The average molecular weight is 318 g/mol. The standard InChI is InChI=1S/C19H30N2O2/c1-4-23-18-9-8-17(13-16(18)3)19(22)20-10-6-12-21-11-5-7-15(2)14-21/h8-9,13,15H,4-7,10-12,14H2,1-3H3,(H,20,22)/t15-/m1/s1. The van der Waals surface area contributed by atoms with Crippen molar-refractivity contribution in [2.75, 3.05) is 32.8 Å². The molecule has 1 heterocycles. The zero-order valence-corrected chi connectivity index (χ0v) is 14.7. The number of hydrogen-bond donors (Lipinski definition) is 1. The number of nitrogens with one attached hydrogen (secondary N) is 1. The number of amides is 1. The molecule has 1 N–H and O–H groups in total. The molecule has 0 aliphatic carbocycles. The molecule has 1 aromatic carbocycles. The van der Waals surface area contributed by atoms with Crippen molar-refractivity contribution in [1.82, 2.24) is 10.2 Å². The molecule has 1 aliphatic rings. The summed E-state index contributed by atoms with van der Waals surface area (Å²) >= 11 is 0. The van der Waals surface area contributed by atoms with Gasteiger partial charge in [0, 0.05) is 18.7 Å². The van der Waals surface area contributed by atoms with E-state index in [4.69, 9.17) is 4.74 Å². The van der Waals surface area contributed by atoms with Gasteiger partial charge in [0.15, 0.2) is 0 Å². The van der Waals surface area contributed by atoms with Crippen LogP contribution in [0.4, 0.5) is 0 Å². The Bertz CT molecular complexity index is 516. The molecule has 1 atom stereocenters. The summed E-state index contributed by atoms with van der Waals surface area (Å²) in [5.41, 5.74) is 1.71. The molecule has 4 heteroatoms. The van der Waals surface area contributed by atoms with Crippen LogP contribution in [0.15, 0.2) is 18.2 Å². The molecule has 0 radical (unpaired) electrons. The van der Waals surface area contributed by atoms with E-state index in [1.165, 1.54) is 25.9 Å². The Labute approximate surface area is 140 Å². The fraction of sp³-hybridized carbons (Fsp3) is 0.632. The van der Waals surface area contributed by atoms with Gasteiger partial charge in [-0.3, -0.25) is 4.79 Å². The van der Waals surface area contributed by atoms with Crippen molar-refractivity contribution >= 4 is 5.91 Å². The third-order valence-electron chi connectivity index (χ3n) is 4.41. The second-order valence-corrected chi connectivity index (χ2v) is 6.57. The number of nitrogens with zero attached hydrogens (tertiary/aromatic N) is 1. The molecule has 1 amide bonds. The summed E-state index contributed by atoms with van der Waals surface area (Å²) < 4.78 is 5.51. The molecule has 1 fully saturated rings. The maximum absolute atomic E-state index is 12.2. The minimum Gasteiger partial charge on any atom is -0.494 e. The molecule has 0 spiro atoms. The molecule has 1 aromatic rings. The fourth-order valence-corrected chi connectivity index (χ4v) is 3.20. The predicted octanol–water partition coefficient (Wildman–Crippen LogP) is 3.25. The highest BCUT2D eigenvalue weighted by Gasteiger charge is 2.15. The Hall–Kier alpha value is -1.55. The van der Waals surface area contributed by atoms with E-state index >= 15 is 0 Å². The van der Waals surface area contributed by atoms with Gasteiger partial charge in [0.2, 0.25) is 0 Å². The van der Waals surface area contributed by atoms with E-state index in [2.05, 4.69) is 17.1 Å². The zero-order chi connectivity index (χ0) is 16.7. The van der Waals surface area contributed by atoms with Gasteiger partial charge >= 0.3 is 0 Å². The Morgan fingerprint density at radius 1 is 1.43 bits per heavy atom. The van der Waals surface area contributed by atoms with E-state index in [1.807, 2.05) is 32.0 Å². The van der Waals surface area contributed by atoms with Gasteiger partial charge in [-0.2, -0.15) is 0 Å². The van der Waals surface area contributed by atoms with Crippen LogP contribution in [-0.4, -0.2) is 43.6 Å². The Kier molecular flexibility index (Phi) is 6.90. The molecule has 0 aromatic heterocycles. The second-order valence-electron chi connectivity index (χ2n) is 6.57. The predicted molar refractivity (Wildman–Crippen MR) is 94.1 cm³/mol. The van der Waals surface area contributed by atoms with E-state index in [1.54, 1.807) is 0 Å². The number of carbonyl (C=O) groups excluding carboxylic acids is 1. The maximum atomic E-state index is 12.2. The summed E-state index contributed by atoms with van der Waals surface area (Å²) in [6.07, 6.45) is 3.66. The first-order valence-electron chi connectivity index (χ1n) is 8.84. The quantitative estimate of drug-likeness (QED) is 0.785. The molecule has 0 bridgehead atoms. The lowest BCUT2D eigenvalue weighted by Gasteiger charge is -2.30. The first kappa shape index (κ1) is 17.8. The largest absolute Gasteiger partial charge is 0.494 e. The number of rotatable bonds is 7. The lowest BCUT2D eigenvalue weighted by atomic mass is 10.0. The topological polar surface area (TPSA) is 41.6 Å². The highest BCUT2D eigenvalue weighted by molar-refractivity contribution is 5.94. The maximum Gasteiger partial charge on any atom is 0.251 e. The first-order chi connectivity index (χ1) is 11.1. The van der Waals surface area contributed by atoms with Crippen molar-refractivity contribution in [3.05, 3.63) is 29.3 Å². The van der Waals surface area contributed by atoms with Gasteiger partial charge in [-0.15, -0.1) is 0 Å². The van der Waals surface area contributed by atoms with E-state index in [-0.39, 0.29) is 5.91 Å². The lowest BCUT2D eigenvalue weighted by Crippen LogP contribution is -2.36. The van der Waals surface area contributed by atoms with Gasteiger partial charge in [-0.1, -0.05) is 6.92 Å². The molecular formula is C19H30N2O2. The monoisotopic (exact) mass is 318 g/mol. The van der Waals surface area contributed by atoms with Gasteiger partial charge in [-0.05, 0) is 75.9 Å². The summed E-state index contributed by atoms with van der Waals surface area (Å²) in [7, 11) is 0. The Morgan fingerprint density at radius 2 is 2.26 bits per heavy atom. The third-order valence-corrected chi connectivity index (χ3v) is 4.41. The van der Waals surface area contributed by atoms with Crippen LogP contribution in [0.1, 0.15) is 49.0 Å². The summed E-state index contributed by atoms with van der Waals surface area (Å²) in [5, 5.41) is 3.02. The molecule has 23 heavy (non-hydrogen) atoms. The highest BCUT2D eigenvalue weighted by atomic mass is 16.5. The molecule has 2 rings (SSSR count). The number of aryl methyl sites for hydroxylation is 1. The smallest absolute Gasteiger partial charge is 0.251 e. The van der Waals surface area contributed by atoms with E-state index in [0.29, 0.717) is 12.2 Å². The van der Waals surface area contributed by atoms with Crippen molar-refractivity contribution in [3.63, 3.8) is 0 Å². The number of piperidine rings is 1. The minimum atomic E-state index is 0.00293. The van der Waals surface area contributed by atoms with Crippen LogP contribution in [0.25, 0.3) is 0 Å².